The molecule has 0 saturated heterocycles. The minimum absolute atomic E-state index is 0.291. The predicted octanol–water partition coefficient (Wildman–Crippen LogP) is 2.19. The van der Waals surface area contributed by atoms with E-state index < -0.39 is 12.1 Å². The maximum atomic E-state index is 12.1. The molecule has 0 aliphatic heterocycles. The van der Waals surface area contributed by atoms with Gasteiger partial charge in [-0.1, -0.05) is 13.8 Å². The molecule has 1 amide bonds. The molecule has 1 atom stereocenters. The molecule has 1 aromatic carbocycles. The van der Waals surface area contributed by atoms with Crippen LogP contribution in [0.1, 0.15) is 31.1 Å². The smallest absolute Gasteiger partial charge is 0.338 e. The van der Waals surface area contributed by atoms with Crippen molar-refractivity contribution in [3.05, 3.63) is 48.3 Å². The number of carbonyl (C=O) groups excluding carboxylic acids is 2. The summed E-state index contributed by atoms with van der Waals surface area (Å²) >= 11 is 0. The van der Waals surface area contributed by atoms with Crippen molar-refractivity contribution in [1.29, 1.82) is 0 Å². The Labute approximate surface area is 135 Å². The molecule has 6 nitrogen and oxygen atoms in total. The normalized spacial score (nSPS) is 12.0. The summed E-state index contributed by atoms with van der Waals surface area (Å²) in [4.78, 5) is 23.9. The molecule has 1 heterocycles. The van der Waals surface area contributed by atoms with Gasteiger partial charge in [0.2, 0.25) is 0 Å². The van der Waals surface area contributed by atoms with Crippen molar-refractivity contribution in [2.24, 2.45) is 5.92 Å². The fraction of sp³-hybridized carbons (Fsp3) is 0.353. The molecular formula is C17H21N3O3. The molecule has 0 fully saturated rings. The van der Waals surface area contributed by atoms with E-state index in [4.69, 9.17) is 4.74 Å². The van der Waals surface area contributed by atoms with Gasteiger partial charge in [-0.05, 0) is 43.2 Å². The van der Waals surface area contributed by atoms with Crippen LogP contribution in [0.3, 0.4) is 0 Å². The van der Waals surface area contributed by atoms with E-state index in [0.717, 1.165) is 5.69 Å². The lowest BCUT2D eigenvalue weighted by molar-refractivity contribution is -0.129. The molecule has 0 spiro atoms. The second-order valence-corrected chi connectivity index (χ2v) is 5.68. The van der Waals surface area contributed by atoms with Gasteiger partial charge in [-0.15, -0.1) is 0 Å². The van der Waals surface area contributed by atoms with Crippen molar-refractivity contribution < 1.29 is 14.3 Å². The maximum Gasteiger partial charge on any atom is 0.338 e. The lowest BCUT2D eigenvalue weighted by Crippen LogP contribution is -2.37. The largest absolute Gasteiger partial charge is 0.449 e. The van der Waals surface area contributed by atoms with Crippen LogP contribution in [-0.4, -0.2) is 34.3 Å². The molecule has 6 heteroatoms. The molecule has 1 N–H and O–H groups in total. The van der Waals surface area contributed by atoms with Crippen molar-refractivity contribution in [1.82, 2.24) is 15.1 Å². The highest BCUT2D eigenvalue weighted by atomic mass is 16.5. The second kappa shape index (κ2) is 7.58. The zero-order valence-corrected chi connectivity index (χ0v) is 13.5. The van der Waals surface area contributed by atoms with E-state index in [-0.39, 0.29) is 5.91 Å². The highest BCUT2D eigenvalue weighted by Gasteiger charge is 2.18. The zero-order valence-electron chi connectivity index (χ0n) is 13.5. The fourth-order valence-electron chi connectivity index (χ4n) is 1.90. The minimum Gasteiger partial charge on any atom is -0.449 e. The van der Waals surface area contributed by atoms with Crippen molar-refractivity contribution >= 4 is 11.9 Å². The van der Waals surface area contributed by atoms with Gasteiger partial charge in [0.15, 0.2) is 6.10 Å². The number of benzene rings is 1. The highest BCUT2D eigenvalue weighted by Crippen LogP contribution is 2.10. The van der Waals surface area contributed by atoms with Crippen molar-refractivity contribution in [2.45, 2.75) is 26.9 Å². The Morgan fingerprint density at radius 3 is 2.48 bits per heavy atom. The van der Waals surface area contributed by atoms with Gasteiger partial charge in [-0.25, -0.2) is 9.48 Å². The molecule has 122 valence electrons. The lowest BCUT2D eigenvalue weighted by atomic mass is 10.2. The summed E-state index contributed by atoms with van der Waals surface area (Å²) in [5.41, 5.74) is 1.23. The number of amides is 1. The van der Waals surface area contributed by atoms with E-state index in [0.29, 0.717) is 18.0 Å². The van der Waals surface area contributed by atoms with Gasteiger partial charge in [0, 0.05) is 18.9 Å². The Balaban J connectivity index is 1.94. The summed E-state index contributed by atoms with van der Waals surface area (Å²) in [6.07, 6.45) is 2.67. The van der Waals surface area contributed by atoms with Crippen molar-refractivity contribution in [2.75, 3.05) is 6.54 Å². The number of nitrogens with zero attached hydrogens (tertiary/aromatic N) is 2. The van der Waals surface area contributed by atoms with E-state index in [1.807, 2.05) is 26.1 Å². The minimum atomic E-state index is -0.827. The number of aromatic nitrogens is 2. The monoisotopic (exact) mass is 315 g/mol. The third kappa shape index (κ3) is 4.67. The topological polar surface area (TPSA) is 73.2 Å². The average Bonchev–Trinajstić information content (AvgIpc) is 3.07. The summed E-state index contributed by atoms with van der Waals surface area (Å²) in [6.45, 7) is 6.11. The van der Waals surface area contributed by atoms with Crippen LogP contribution in [0, 0.1) is 5.92 Å². The summed E-state index contributed by atoms with van der Waals surface area (Å²) in [7, 11) is 0. The molecule has 23 heavy (non-hydrogen) atoms. The van der Waals surface area contributed by atoms with Crippen LogP contribution in [0.5, 0.6) is 0 Å². The molecule has 0 radical (unpaired) electrons. The fourth-order valence-corrected chi connectivity index (χ4v) is 1.90. The van der Waals surface area contributed by atoms with E-state index >= 15 is 0 Å². The number of nitrogens with one attached hydrogen (secondary N) is 1. The third-order valence-corrected chi connectivity index (χ3v) is 3.21. The van der Waals surface area contributed by atoms with Gasteiger partial charge < -0.3 is 10.1 Å². The quantitative estimate of drug-likeness (QED) is 0.829. The average molecular weight is 315 g/mol. The first-order valence-electron chi connectivity index (χ1n) is 7.56. The first-order valence-corrected chi connectivity index (χ1v) is 7.56. The summed E-state index contributed by atoms with van der Waals surface area (Å²) < 4.78 is 6.88. The third-order valence-electron chi connectivity index (χ3n) is 3.21. The SMILES string of the molecule is CC(C)CNC(=O)C(C)OC(=O)c1ccc(-n2cccn2)cc1. The van der Waals surface area contributed by atoms with E-state index in [1.54, 1.807) is 42.1 Å². The van der Waals surface area contributed by atoms with Crippen LogP contribution in [-0.2, 0) is 9.53 Å². The van der Waals surface area contributed by atoms with Gasteiger partial charge in [-0.3, -0.25) is 4.79 Å². The molecule has 0 bridgehead atoms. The summed E-state index contributed by atoms with van der Waals surface area (Å²) in [5.74, 6) is -0.471. The first kappa shape index (κ1) is 16.7. The van der Waals surface area contributed by atoms with Crippen LogP contribution < -0.4 is 5.32 Å². The first-order chi connectivity index (χ1) is 11.0. The standard InChI is InChI=1S/C17H21N3O3/c1-12(2)11-18-16(21)13(3)23-17(22)14-5-7-15(8-6-14)20-10-4-9-19-20/h4-10,12-13H,11H2,1-3H3,(H,18,21). The Kier molecular flexibility index (Phi) is 5.51. The van der Waals surface area contributed by atoms with Crippen LogP contribution in [0.4, 0.5) is 0 Å². The Morgan fingerprint density at radius 1 is 1.22 bits per heavy atom. The Morgan fingerprint density at radius 2 is 1.91 bits per heavy atom. The van der Waals surface area contributed by atoms with Crippen LogP contribution >= 0.6 is 0 Å². The molecule has 1 unspecified atom stereocenters. The van der Waals surface area contributed by atoms with Gasteiger partial charge in [0.25, 0.3) is 5.91 Å². The van der Waals surface area contributed by atoms with Gasteiger partial charge in [0.05, 0.1) is 11.3 Å². The molecule has 2 aromatic rings. The molecule has 2 rings (SSSR count). The number of carbonyl (C=O) groups is 2. The Bertz CT molecular complexity index is 648. The van der Waals surface area contributed by atoms with E-state index in [9.17, 15) is 9.59 Å². The zero-order chi connectivity index (χ0) is 16.8. The predicted molar refractivity (Wildman–Crippen MR) is 86.3 cm³/mol. The second-order valence-electron chi connectivity index (χ2n) is 5.68. The number of esters is 1. The number of rotatable bonds is 6. The van der Waals surface area contributed by atoms with Gasteiger partial charge in [0.1, 0.15) is 0 Å². The van der Waals surface area contributed by atoms with Crippen LogP contribution in [0.2, 0.25) is 0 Å². The van der Waals surface area contributed by atoms with Crippen LogP contribution in [0.15, 0.2) is 42.7 Å². The molecule has 0 aliphatic carbocycles. The van der Waals surface area contributed by atoms with Crippen molar-refractivity contribution in [3.8, 4) is 5.69 Å². The number of ether oxygens (including phenoxy) is 1. The van der Waals surface area contributed by atoms with Gasteiger partial charge in [-0.2, -0.15) is 5.10 Å². The highest BCUT2D eigenvalue weighted by molar-refractivity contribution is 5.92. The van der Waals surface area contributed by atoms with Crippen LogP contribution in [0.25, 0.3) is 5.69 Å². The number of hydrogen-bond donors (Lipinski definition) is 1. The molecule has 0 aliphatic rings. The summed E-state index contributed by atoms with van der Waals surface area (Å²) in [5, 5.41) is 6.85. The molecular weight excluding hydrogens is 294 g/mol. The molecule has 0 saturated carbocycles. The molecule has 1 aromatic heterocycles. The Hall–Kier alpha value is -2.63. The van der Waals surface area contributed by atoms with Gasteiger partial charge >= 0.3 is 5.97 Å². The van der Waals surface area contributed by atoms with E-state index in [2.05, 4.69) is 10.4 Å². The summed E-state index contributed by atoms with van der Waals surface area (Å²) in [6, 6.07) is 8.66. The van der Waals surface area contributed by atoms with E-state index in [1.165, 1.54) is 0 Å². The lowest BCUT2D eigenvalue weighted by Gasteiger charge is -2.14. The van der Waals surface area contributed by atoms with Crippen molar-refractivity contribution in [3.63, 3.8) is 0 Å². The maximum absolute atomic E-state index is 12.1. The number of hydrogen-bond acceptors (Lipinski definition) is 4.